The van der Waals surface area contributed by atoms with Crippen LogP contribution in [0.5, 0.6) is 0 Å². The fourth-order valence-corrected chi connectivity index (χ4v) is 3.38. The monoisotopic (exact) mass is 542 g/mol. The fraction of sp³-hybridized carbons (Fsp3) is 0.632. The van der Waals surface area contributed by atoms with Gasteiger partial charge in [0.1, 0.15) is 5.82 Å². The zero-order valence-corrected chi connectivity index (χ0v) is 20.2. The molecular formula is C19H32FIN4O3S. The van der Waals surface area contributed by atoms with E-state index in [1.807, 2.05) is 6.92 Å². The number of anilines is 1. The molecule has 0 amide bonds. The summed E-state index contributed by atoms with van der Waals surface area (Å²) in [5.41, 5.74) is 0.684. The number of hydrogen-bond acceptors (Lipinski definition) is 4. The highest BCUT2D eigenvalue weighted by molar-refractivity contribution is 14.0. The Morgan fingerprint density at radius 1 is 1.31 bits per heavy atom. The first-order valence-electron chi connectivity index (χ1n) is 9.76. The number of benzene rings is 1. The first kappa shape index (κ1) is 25.9. The van der Waals surface area contributed by atoms with Gasteiger partial charge in [-0.3, -0.25) is 9.71 Å². The smallest absolute Gasteiger partial charge is 0.234 e. The summed E-state index contributed by atoms with van der Waals surface area (Å²) < 4.78 is 45.9. The normalized spacial score (nSPS) is 14.2. The Bertz CT molecular complexity index is 758. The van der Waals surface area contributed by atoms with Crippen molar-refractivity contribution < 1.29 is 17.5 Å². The topological polar surface area (TPSA) is 91.8 Å². The van der Waals surface area contributed by atoms with Crippen molar-refractivity contribution in [1.82, 2.24) is 10.6 Å². The van der Waals surface area contributed by atoms with Crippen LogP contribution in [0.3, 0.4) is 0 Å². The summed E-state index contributed by atoms with van der Waals surface area (Å²) in [5.74, 6) is 0.731. The van der Waals surface area contributed by atoms with Crippen molar-refractivity contribution in [1.29, 1.82) is 0 Å². The molecule has 0 bridgehead atoms. The van der Waals surface area contributed by atoms with Crippen LogP contribution in [0.25, 0.3) is 0 Å². The van der Waals surface area contributed by atoms with Crippen LogP contribution in [0.2, 0.25) is 0 Å². The van der Waals surface area contributed by atoms with E-state index >= 15 is 0 Å². The minimum absolute atomic E-state index is 0. The molecule has 7 nitrogen and oxygen atoms in total. The van der Waals surface area contributed by atoms with Crippen LogP contribution in [0.1, 0.15) is 31.7 Å². The van der Waals surface area contributed by atoms with Crippen LogP contribution < -0.4 is 15.4 Å². The van der Waals surface area contributed by atoms with E-state index in [2.05, 4.69) is 20.3 Å². The Kier molecular flexibility index (Phi) is 11.8. The lowest BCUT2D eigenvalue weighted by Crippen LogP contribution is -2.40. The van der Waals surface area contributed by atoms with E-state index in [0.717, 1.165) is 18.9 Å². The van der Waals surface area contributed by atoms with Gasteiger partial charge in [-0.05, 0) is 56.7 Å². The Morgan fingerprint density at radius 3 is 2.72 bits per heavy atom. The van der Waals surface area contributed by atoms with Gasteiger partial charge in [-0.15, -0.1) is 24.0 Å². The molecule has 10 heteroatoms. The van der Waals surface area contributed by atoms with Crippen LogP contribution in [0.4, 0.5) is 10.1 Å². The average Bonchev–Trinajstić information content (AvgIpc) is 3.45. The van der Waals surface area contributed by atoms with Gasteiger partial charge < -0.3 is 15.4 Å². The van der Waals surface area contributed by atoms with Crippen molar-refractivity contribution in [2.45, 2.75) is 33.1 Å². The van der Waals surface area contributed by atoms with Crippen LogP contribution >= 0.6 is 24.0 Å². The first-order valence-corrected chi connectivity index (χ1v) is 11.4. The van der Waals surface area contributed by atoms with Crippen molar-refractivity contribution in [3.8, 4) is 0 Å². The van der Waals surface area contributed by atoms with Crippen molar-refractivity contribution in [2.75, 3.05) is 43.3 Å². The lowest BCUT2D eigenvalue weighted by atomic mass is 10.2. The number of halogens is 2. The molecule has 0 radical (unpaired) electrons. The SMILES string of the molecule is CCNC(=NCCCOCC1CC1)NCCS(=O)(=O)Nc1ccc(C)c(F)c1.I. The lowest BCUT2D eigenvalue weighted by Gasteiger charge is -2.12. The molecule has 0 spiro atoms. The molecule has 3 N–H and O–H groups in total. The summed E-state index contributed by atoms with van der Waals surface area (Å²) in [6, 6.07) is 4.26. The summed E-state index contributed by atoms with van der Waals surface area (Å²) in [5, 5.41) is 6.09. The van der Waals surface area contributed by atoms with E-state index < -0.39 is 15.8 Å². The number of nitrogens with one attached hydrogen (secondary N) is 3. The number of sulfonamides is 1. The molecule has 1 aromatic rings. The highest BCUT2D eigenvalue weighted by atomic mass is 127. The van der Waals surface area contributed by atoms with Gasteiger partial charge >= 0.3 is 0 Å². The number of rotatable bonds is 12. The van der Waals surface area contributed by atoms with E-state index in [1.165, 1.54) is 25.0 Å². The van der Waals surface area contributed by atoms with Gasteiger partial charge in [-0.25, -0.2) is 12.8 Å². The molecule has 0 aromatic heterocycles. The molecule has 0 saturated heterocycles. The summed E-state index contributed by atoms with van der Waals surface area (Å²) in [4.78, 5) is 4.42. The minimum atomic E-state index is -3.59. The van der Waals surface area contributed by atoms with Crippen molar-refractivity contribution in [3.63, 3.8) is 0 Å². The van der Waals surface area contributed by atoms with Crippen LogP contribution in [0.15, 0.2) is 23.2 Å². The standard InChI is InChI=1S/C19H31FN4O3S.HI/c1-3-21-19(22-9-4-11-27-14-16-6-7-16)23-10-12-28(25,26)24-17-8-5-15(2)18(20)13-17;/h5,8,13,16,24H,3-4,6-7,9-12,14H2,1-2H3,(H2,21,22,23);1H. The second-order valence-electron chi connectivity index (χ2n) is 6.94. The minimum Gasteiger partial charge on any atom is -0.381 e. The van der Waals surface area contributed by atoms with Gasteiger partial charge in [0.25, 0.3) is 0 Å². The number of guanidine groups is 1. The molecule has 1 aliphatic rings. The summed E-state index contributed by atoms with van der Waals surface area (Å²) in [7, 11) is -3.59. The molecule has 1 aromatic carbocycles. The Morgan fingerprint density at radius 2 is 2.07 bits per heavy atom. The number of ether oxygens (including phenoxy) is 1. The fourth-order valence-electron chi connectivity index (χ4n) is 2.42. The molecule has 166 valence electrons. The number of nitrogens with zero attached hydrogens (tertiary/aromatic N) is 1. The van der Waals surface area contributed by atoms with Crippen LogP contribution in [0, 0.1) is 18.7 Å². The van der Waals surface area contributed by atoms with Crippen molar-refractivity contribution >= 4 is 45.6 Å². The lowest BCUT2D eigenvalue weighted by molar-refractivity contribution is 0.123. The summed E-state index contributed by atoms with van der Waals surface area (Å²) in [6.45, 7) is 6.57. The molecular weight excluding hydrogens is 510 g/mol. The van der Waals surface area contributed by atoms with Crippen molar-refractivity contribution in [2.24, 2.45) is 10.9 Å². The maximum Gasteiger partial charge on any atom is 0.234 e. The second kappa shape index (κ2) is 13.2. The highest BCUT2D eigenvalue weighted by Gasteiger charge is 2.20. The van der Waals surface area contributed by atoms with E-state index in [-0.39, 0.29) is 42.0 Å². The van der Waals surface area contributed by atoms with Crippen molar-refractivity contribution in [3.05, 3.63) is 29.6 Å². The molecule has 1 saturated carbocycles. The van der Waals surface area contributed by atoms with Gasteiger partial charge in [-0.2, -0.15) is 0 Å². The van der Waals surface area contributed by atoms with Gasteiger partial charge in [0, 0.05) is 32.8 Å². The Labute approximate surface area is 190 Å². The number of aliphatic imine (C=N–C) groups is 1. The third-order valence-corrected chi connectivity index (χ3v) is 5.51. The molecule has 29 heavy (non-hydrogen) atoms. The zero-order chi connectivity index (χ0) is 20.4. The Hall–Kier alpha value is -1.14. The van der Waals surface area contributed by atoms with E-state index in [1.54, 1.807) is 13.0 Å². The molecule has 0 heterocycles. The molecule has 0 aliphatic heterocycles. The summed E-state index contributed by atoms with van der Waals surface area (Å²) in [6.07, 6.45) is 3.38. The van der Waals surface area contributed by atoms with Crippen LogP contribution in [-0.2, 0) is 14.8 Å². The van der Waals surface area contributed by atoms with E-state index in [0.29, 0.717) is 31.2 Å². The molecule has 0 atom stereocenters. The second-order valence-corrected chi connectivity index (χ2v) is 8.79. The number of aryl methyl sites for hydroxylation is 1. The van der Waals surface area contributed by atoms with Gasteiger partial charge in [0.05, 0.1) is 11.4 Å². The third-order valence-electron chi connectivity index (χ3n) is 4.22. The van der Waals surface area contributed by atoms with Crippen LogP contribution in [-0.4, -0.2) is 53.0 Å². The highest BCUT2D eigenvalue weighted by Crippen LogP contribution is 2.28. The Balaban J connectivity index is 0.00000420. The predicted octanol–water partition coefficient (Wildman–Crippen LogP) is 2.87. The number of hydrogen-bond donors (Lipinski definition) is 3. The average molecular weight is 542 g/mol. The van der Waals surface area contributed by atoms with Gasteiger partial charge in [0.15, 0.2) is 5.96 Å². The van der Waals surface area contributed by atoms with E-state index in [9.17, 15) is 12.8 Å². The maximum atomic E-state index is 13.6. The molecule has 1 fully saturated rings. The first-order chi connectivity index (χ1) is 13.4. The third kappa shape index (κ3) is 11.0. The quantitative estimate of drug-likeness (QED) is 0.164. The zero-order valence-electron chi connectivity index (χ0n) is 17.0. The predicted molar refractivity (Wildman–Crippen MR) is 126 cm³/mol. The van der Waals surface area contributed by atoms with E-state index in [4.69, 9.17) is 4.74 Å². The van der Waals surface area contributed by atoms with Gasteiger partial charge in [-0.1, -0.05) is 6.07 Å². The van der Waals surface area contributed by atoms with Gasteiger partial charge in [0.2, 0.25) is 10.0 Å². The molecule has 2 rings (SSSR count). The molecule has 1 aliphatic carbocycles. The maximum absolute atomic E-state index is 13.6. The summed E-state index contributed by atoms with van der Waals surface area (Å²) >= 11 is 0. The largest absolute Gasteiger partial charge is 0.381 e. The molecule has 0 unspecified atom stereocenters.